The Balaban J connectivity index is 2.06. The highest BCUT2D eigenvalue weighted by atomic mass is 19.1. The van der Waals surface area contributed by atoms with Gasteiger partial charge in [-0.3, -0.25) is 0 Å². The number of rotatable bonds is 2. The first-order valence-corrected chi connectivity index (χ1v) is 6.45. The number of hydrogen-bond acceptors (Lipinski definition) is 4. The van der Waals surface area contributed by atoms with Gasteiger partial charge in [-0.2, -0.15) is 4.98 Å². The van der Waals surface area contributed by atoms with Gasteiger partial charge in [-0.05, 0) is 49.7 Å². The molecule has 0 saturated carbocycles. The zero-order valence-electron chi connectivity index (χ0n) is 11.6. The fourth-order valence-electron chi connectivity index (χ4n) is 2.18. The number of benzene rings is 2. The van der Waals surface area contributed by atoms with E-state index in [1.54, 1.807) is 38.1 Å². The molecule has 4 nitrogen and oxygen atoms in total. The van der Waals surface area contributed by atoms with Crippen molar-refractivity contribution in [3.05, 3.63) is 53.3 Å². The summed E-state index contributed by atoms with van der Waals surface area (Å²) in [5.74, 6) is 0.585. The van der Waals surface area contributed by atoms with Crippen LogP contribution in [-0.2, 0) is 0 Å². The largest absolute Gasteiger partial charge is 0.508 e. The van der Waals surface area contributed by atoms with Crippen LogP contribution in [0.15, 0.2) is 40.9 Å². The van der Waals surface area contributed by atoms with E-state index in [1.165, 1.54) is 12.1 Å². The fourth-order valence-corrected chi connectivity index (χ4v) is 2.18. The average molecular weight is 284 g/mol. The molecular formula is C16H13FN2O2. The average Bonchev–Trinajstić information content (AvgIpc) is 2.91. The maximum atomic E-state index is 13.1. The van der Waals surface area contributed by atoms with Crippen LogP contribution >= 0.6 is 0 Å². The van der Waals surface area contributed by atoms with E-state index in [-0.39, 0.29) is 11.6 Å². The molecule has 0 aliphatic rings. The summed E-state index contributed by atoms with van der Waals surface area (Å²) in [7, 11) is 0. The summed E-state index contributed by atoms with van der Waals surface area (Å²) < 4.78 is 18.4. The van der Waals surface area contributed by atoms with Gasteiger partial charge in [0.05, 0.1) is 0 Å². The molecule has 0 atom stereocenters. The predicted octanol–water partition coefficient (Wildman–Crippen LogP) is 3.87. The van der Waals surface area contributed by atoms with Crippen molar-refractivity contribution < 1.29 is 14.0 Å². The summed E-state index contributed by atoms with van der Waals surface area (Å²) in [5.41, 5.74) is 2.79. The number of phenolic OH excluding ortho intramolecular Hbond substituents is 1. The highest BCUT2D eigenvalue weighted by molar-refractivity contribution is 5.66. The standard InChI is InChI=1S/C16H13FN2O2/c1-9-8-11(17)6-7-12(9)15-18-16(21-19-15)13-4-3-5-14(20)10(13)2/h3-8,20H,1-2H3. The number of hydrogen-bond donors (Lipinski definition) is 1. The van der Waals surface area contributed by atoms with Crippen LogP contribution in [-0.4, -0.2) is 15.2 Å². The van der Waals surface area contributed by atoms with Crippen LogP contribution in [0, 0.1) is 19.7 Å². The van der Waals surface area contributed by atoms with Gasteiger partial charge in [0.2, 0.25) is 5.82 Å². The van der Waals surface area contributed by atoms with Gasteiger partial charge < -0.3 is 9.63 Å². The SMILES string of the molecule is Cc1cc(F)ccc1-c1noc(-c2cccc(O)c2C)n1. The molecular weight excluding hydrogens is 271 g/mol. The van der Waals surface area contributed by atoms with Gasteiger partial charge in [-0.25, -0.2) is 4.39 Å². The van der Waals surface area contributed by atoms with E-state index in [4.69, 9.17) is 4.52 Å². The quantitative estimate of drug-likeness (QED) is 0.776. The van der Waals surface area contributed by atoms with E-state index in [0.29, 0.717) is 28.4 Å². The Morgan fingerprint density at radius 2 is 1.90 bits per heavy atom. The van der Waals surface area contributed by atoms with Gasteiger partial charge in [-0.15, -0.1) is 0 Å². The summed E-state index contributed by atoms with van der Waals surface area (Å²) in [4.78, 5) is 4.33. The van der Waals surface area contributed by atoms with Crippen LogP contribution in [0.2, 0.25) is 0 Å². The van der Waals surface area contributed by atoms with Gasteiger partial charge in [-0.1, -0.05) is 11.2 Å². The third-order valence-corrected chi connectivity index (χ3v) is 3.39. The molecule has 0 spiro atoms. The van der Waals surface area contributed by atoms with Crippen LogP contribution in [0.25, 0.3) is 22.8 Å². The van der Waals surface area contributed by atoms with Crippen molar-refractivity contribution in [3.8, 4) is 28.6 Å². The molecule has 21 heavy (non-hydrogen) atoms. The van der Waals surface area contributed by atoms with Crippen molar-refractivity contribution in [3.63, 3.8) is 0 Å². The maximum absolute atomic E-state index is 13.1. The first-order valence-electron chi connectivity index (χ1n) is 6.45. The molecule has 0 bridgehead atoms. The molecule has 1 aromatic heterocycles. The van der Waals surface area contributed by atoms with Crippen LogP contribution in [0.5, 0.6) is 5.75 Å². The summed E-state index contributed by atoms with van der Waals surface area (Å²) in [6.07, 6.45) is 0. The number of aromatic hydroxyl groups is 1. The van der Waals surface area contributed by atoms with E-state index in [1.807, 2.05) is 0 Å². The van der Waals surface area contributed by atoms with Crippen LogP contribution < -0.4 is 0 Å². The van der Waals surface area contributed by atoms with Crippen LogP contribution in [0.3, 0.4) is 0 Å². The Morgan fingerprint density at radius 3 is 2.67 bits per heavy atom. The second-order valence-corrected chi connectivity index (χ2v) is 4.83. The summed E-state index contributed by atoms with van der Waals surface area (Å²) in [6.45, 7) is 3.56. The first kappa shape index (κ1) is 13.3. The monoisotopic (exact) mass is 284 g/mol. The molecule has 106 valence electrons. The summed E-state index contributed by atoms with van der Waals surface area (Å²) >= 11 is 0. The molecule has 5 heteroatoms. The number of phenols is 1. The zero-order chi connectivity index (χ0) is 15.0. The normalized spacial score (nSPS) is 10.8. The van der Waals surface area contributed by atoms with Gasteiger partial charge in [0, 0.05) is 16.7 Å². The van der Waals surface area contributed by atoms with Crippen LogP contribution in [0.4, 0.5) is 4.39 Å². The molecule has 0 radical (unpaired) electrons. The van der Waals surface area contributed by atoms with Crippen molar-refractivity contribution in [1.29, 1.82) is 0 Å². The molecule has 0 saturated heterocycles. The number of nitrogens with zero attached hydrogens (tertiary/aromatic N) is 2. The third-order valence-electron chi connectivity index (χ3n) is 3.39. The maximum Gasteiger partial charge on any atom is 0.258 e. The third kappa shape index (κ3) is 2.38. The highest BCUT2D eigenvalue weighted by Crippen LogP contribution is 2.30. The molecule has 0 unspecified atom stereocenters. The first-order chi connectivity index (χ1) is 10.1. The van der Waals surface area contributed by atoms with E-state index in [2.05, 4.69) is 10.1 Å². The van der Waals surface area contributed by atoms with Gasteiger partial charge in [0.15, 0.2) is 0 Å². The number of aromatic nitrogens is 2. The van der Waals surface area contributed by atoms with Crippen molar-refractivity contribution in [2.75, 3.05) is 0 Å². The molecule has 1 N–H and O–H groups in total. The van der Waals surface area contributed by atoms with Crippen molar-refractivity contribution >= 4 is 0 Å². The second kappa shape index (κ2) is 5.01. The highest BCUT2D eigenvalue weighted by Gasteiger charge is 2.15. The van der Waals surface area contributed by atoms with E-state index in [0.717, 1.165) is 5.56 Å². The minimum absolute atomic E-state index is 0.171. The van der Waals surface area contributed by atoms with Crippen molar-refractivity contribution in [2.45, 2.75) is 13.8 Å². The van der Waals surface area contributed by atoms with Crippen molar-refractivity contribution in [2.24, 2.45) is 0 Å². The predicted molar refractivity (Wildman–Crippen MR) is 76.3 cm³/mol. The summed E-state index contributed by atoms with van der Waals surface area (Å²) in [6, 6.07) is 9.51. The number of halogens is 1. The molecule has 0 fully saturated rings. The molecule has 3 aromatic rings. The Labute approximate surface area is 120 Å². The van der Waals surface area contributed by atoms with Crippen molar-refractivity contribution in [1.82, 2.24) is 10.1 Å². The van der Waals surface area contributed by atoms with E-state index >= 15 is 0 Å². The van der Waals surface area contributed by atoms with E-state index in [9.17, 15) is 9.50 Å². The molecule has 3 rings (SSSR count). The lowest BCUT2D eigenvalue weighted by Gasteiger charge is -2.02. The van der Waals surface area contributed by atoms with E-state index < -0.39 is 0 Å². The zero-order valence-corrected chi connectivity index (χ0v) is 11.6. The molecule has 2 aromatic carbocycles. The minimum Gasteiger partial charge on any atom is -0.508 e. The second-order valence-electron chi connectivity index (χ2n) is 4.83. The Hall–Kier alpha value is -2.69. The topological polar surface area (TPSA) is 59.2 Å². The lowest BCUT2D eigenvalue weighted by atomic mass is 10.1. The Morgan fingerprint density at radius 1 is 1.10 bits per heavy atom. The Bertz CT molecular complexity index is 812. The molecule has 0 amide bonds. The number of aryl methyl sites for hydroxylation is 1. The lowest BCUT2D eigenvalue weighted by Crippen LogP contribution is -1.88. The fraction of sp³-hybridized carbons (Fsp3) is 0.125. The Kier molecular flexibility index (Phi) is 3.17. The van der Waals surface area contributed by atoms with Gasteiger partial charge >= 0.3 is 0 Å². The molecule has 0 aliphatic carbocycles. The molecule has 1 heterocycles. The van der Waals surface area contributed by atoms with Gasteiger partial charge in [0.25, 0.3) is 5.89 Å². The minimum atomic E-state index is -0.302. The smallest absolute Gasteiger partial charge is 0.258 e. The lowest BCUT2D eigenvalue weighted by molar-refractivity contribution is 0.430. The van der Waals surface area contributed by atoms with Crippen LogP contribution in [0.1, 0.15) is 11.1 Å². The van der Waals surface area contributed by atoms with Gasteiger partial charge in [0.1, 0.15) is 11.6 Å². The summed E-state index contributed by atoms with van der Waals surface area (Å²) in [5, 5.41) is 13.7. The molecule has 0 aliphatic heterocycles.